The molecule has 0 aliphatic rings. The number of nitrogens with zero attached hydrogens (tertiary/aromatic N) is 2. The molecular formula is C19H29Cl2N5O3S. The van der Waals surface area contributed by atoms with Crippen molar-refractivity contribution in [3.05, 3.63) is 29.4 Å². The molecule has 0 amide bonds. The lowest BCUT2D eigenvalue weighted by Crippen LogP contribution is -2.22. The molecule has 1 unspecified atom stereocenters. The maximum Gasteiger partial charge on any atom is 0.238 e. The van der Waals surface area contributed by atoms with Gasteiger partial charge in [0.25, 0.3) is 0 Å². The summed E-state index contributed by atoms with van der Waals surface area (Å²) in [7, 11) is -3.83. The van der Waals surface area contributed by atoms with E-state index < -0.39 is 10.0 Å². The fourth-order valence-electron chi connectivity index (χ4n) is 2.19. The Balaban J connectivity index is 0.000000648. The minimum Gasteiger partial charge on any atom is -0.370 e. The highest BCUT2D eigenvalue weighted by molar-refractivity contribution is 7.89. The summed E-state index contributed by atoms with van der Waals surface area (Å²) in [4.78, 5) is 18.1. The number of fused-ring (bicyclic) bond motifs is 1. The lowest BCUT2D eigenvalue weighted by molar-refractivity contribution is -0.114. The van der Waals surface area contributed by atoms with E-state index in [1.807, 2.05) is 20.8 Å². The predicted octanol–water partition coefficient (Wildman–Crippen LogP) is 4.04. The van der Waals surface area contributed by atoms with Gasteiger partial charge in [-0.15, -0.1) is 0 Å². The van der Waals surface area contributed by atoms with E-state index in [-0.39, 0.29) is 27.8 Å². The second-order valence-corrected chi connectivity index (χ2v) is 8.41. The second-order valence-electron chi connectivity index (χ2n) is 6.07. The maximum absolute atomic E-state index is 11.3. The molecule has 0 radical (unpaired) electrons. The van der Waals surface area contributed by atoms with Crippen LogP contribution in [-0.4, -0.2) is 24.6 Å². The lowest BCUT2D eigenvalue weighted by Gasteiger charge is -2.06. The van der Waals surface area contributed by atoms with Gasteiger partial charge in [0.1, 0.15) is 0 Å². The SMILES string of the molecule is CC.CCCCC(C)C(=O)Cl.NC(N)=Nc1ncc(Cl)c2ccc(S(N)(=O)=O)cc12. The lowest BCUT2D eigenvalue weighted by atomic mass is 10.1. The first-order valence-electron chi connectivity index (χ1n) is 9.37. The zero-order chi connectivity index (χ0) is 23.5. The number of sulfonamides is 1. The van der Waals surface area contributed by atoms with Gasteiger partial charge in [-0.05, 0) is 30.2 Å². The molecule has 1 atom stereocenters. The molecular weight excluding hydrogens is 449 g/mol. The van der Waals surface area contributed by atoms with Crippen LogP contribution in [0.3, 0.4) is 0 Å². The summed E-state index contributed by atoms with van der Waals surface area (Å²) < 4.78 is 22.7. The van der Waals surface area contributed by atoms with E-state index in [1.165, 1.54) is 24.4 Å². The molecule has 0 bridgehead atoms. The largest absolute Gasteiger partial charge is 0.370 e. The first kappa shape index (κ1) is 28.1. The average molecular weight is 478 g/mol. The van der Waals surface area contributed by atoms with Crippen molar-refractivity contribution in [2.75, 3.05) is 0 Å². The summed E-state index contributed by atoms with van der Waals surface area (Å²) in [6, 6.07) is 4.19. The van der Waals surface area contributed by atoms with Gasteiger partial charge in [-0.2, -0.15) is 4.99 Å². The van der Waals surface area contributed by atoms with Crippen molar-refractivity contribution in [3.63, 3.8) is 0 Å². The number of halogens is 2. The van der Waals surface area contributed by atoms with E-state index in [2.05, 4.69) is 16.9 Å². The molecule has 1 aromatic heterocycles. The van der Waals surface area contributed by atoms with Gasteiger partial charge in [0.2, 0.25) is 15.3 Å². The number of unbranched alkanes of at least 4 members (excludes halogenated alkanes) is 1. The zero-order valence-electron chi connectivity index (χ0n) is 17.5. The molecule has 6 N–H and O–H groups in total. The van der Waals surface area contributed by atoms with Crippen LogP contribution in [0.15, 0.2) is 34.3 Å². The van der Waals surface area contributed by atoms with Crippen LogP contribution in [0.25, 0.3) is 10.8 Å². The van der Waals surface area contributed by atoms with Crippen LogP contribution in [0.2, 0.25) is 5.02 Å². The number of pyridine rings is 1. The number of aliphatic imine (C=N–C) groups is 1. The Hall–Kier alpha value is -1.94. The molecule has 11 heteroatoms. The molecule has 0 spiro atoms. The van der Waals surface area contributed by atoms with Crippen LogP contribution in [0.4, 0.5) is 5.82 Å². The number of nitrogens with two attached hydrogens (primary N) is 3. The zero-order valence-corrected chi connectivity index (χ0v) is 19.9. The van der Waals surface area contributed by atoms with Crippen molar-refractivity contribution in [1.82, 2.24) is 4.98 Å². The Labute approximate surface area is 187 Å². The maximum atomic E-state index is 11.3. The van der Waals surface area contributed by atoms with Crippen molar-refractivity contribution in [2.45, 2.75) is 51.9 Å². The van der Waals surface area contributed by atoms with Gasteiger partial charge in [0.15, 0.2) is 11.8 Å². The van der Waals surface area contributed by atoms with Crippen molar-refractivity contribution >= 4 is 61.0 Å². The number of guanidine groups is 1. The molecule has 0 saturated heterocycles. The quantitative estimate of drug-likeness (QED) is 0.323. The first-order chi connectivity index (χ1) is 14.0. The first-order valence-corrected chi connectivity index (χ1v) is 11.7. The molecule has 0 saturated carbocycles. The highest BCUT2D eigenvalue weighted by atomic mass is 35.5. The molecule has 2 rings (SSSR count). The van der Waals surface area contributed by atoms with Crippen molar-refractivity contribution in [3.8, 4) is 0 Å². The third-order valence-corrected chi connectivity index (χ3v) is 5.32. The van der Waals surface area contributed by atoms with Crippen LogP contribution < -0.4 is 16.6 Å². The molecule has 8 nitrogen and oxygen atoms in total. The molecule has 30 heavy (non-hydrogen) atoms. The van der Waals surface area contributed by atoms with Crippen LogP contribution in [0.5, 0.6) is 0 Å². The number of aromatic nitrogens is 1. The van der Waals surface area contributed by atoms with Gasteiger partial charge in [-0.25, -0.2) is 18.5 Å². The third kappa shape index (κ3) is 9.25. The minimum atomic E-state index is -3.83. The molecule has 168 valence electrons. The summed E-state index contributed by atoms with van der Waals surface area (Å²) >= 11 is 11.2. The summed E-state index contributed by atoms with van der Waals surface area (Å²) in [6.45, 7) is 7.97. The molecule has 0 aliphatic carbocycles. The van der Waals surface area contributed by atoms with Gasteiger partial charge in [0, 0.05) is 22.9 Å². The molecule has 1 aromatic carbocycles. The number of primary sulfonamides is 1. The standard InChI is InChI=1S/C10H10ClN5O2S.C7H13ClO.C2H6/c11-8-4-15-9(16-10(12)13)7-3-5(19(14,17)18)1-2-6(7)8;1-3-4-5-6(2)7(8)9;1-2/h1-4H,(H2,14,17,18)(H4,12,13,15,16);6H,3-5H2,1-2H3;1-2H3. The predicted molar refractivity (Wildman–Crippen MR) is 124 cm³/mol. The van der Waals surface area contributed by atoms with Gasteiger partial charge >= 0.3 is 0 Å². The van der Waals surface area contributed by atoms with Gasteiger partial charge in [0.05, 0.1) is 9.92 Å². The normalized spacial score (nSPS) is 11.4. The molecule has 2 aromatic rings. The summed E-state index contributed by atoms with van der Waals surface area (Å²) in [5, 5.41) is 6.19. The Morgan fingerprint density at radius 1 is 1.23 bits per heavy atom. The fourth-order valence-corrected chi connectivity index (χ4v) is 3.05. The minimum absolute atomic E-state index is 0.0478. The Morgan fingerprint density at radius 3 is 2.30 bits per heavy atom. The van der Waals surface area contributed by atoms with Gasteiger partial charge in [-0.1, -0.05) is 58.2 Å². The van der Waals surface area contributed by atoms with E-state index >= 15 is 0 Å². The summed E-state index contributed by atoms with van der Waals surface area (Å²) in [5.41, 5.74) is 10.6. The fraction of sp³-hybridized carbons (Fsp3) is 0.421. The Morgan fingerprint density at radius 2 is 1.83 bits per heavy atom. The van der Waals surface area contributed by atoms with E-state index in [0.29, 0.717) is 15.8 Å². The van der Waals surface area contributed by atoms with E-state index in [4.69, 9.17) is 39.8 Å². The van der Waals surface area contributed by atoms with Crippen molar-refractivity contribution < 1.29 is 13.2 Å². The number of rotatable bonds is 6. The third-order valence-electron chi connectivity index (χ3n) is 3.73. The topological polar surface area (TPSA) is 155 Å². The van der Waals surface area contributed by atoms with Crippen LogP contribution in [0.1, 0.15) is 47.0 Å². The highest BCUT2D eigenvalue weighted by Crippen LogP contribution is 2.31. The number of carbonyl (C=O) groups is 1. The average Bonchev–Trinajstić information content (AvgIpc) is 2.69. The number of hydrogen-bond donors (Lipinski definition) is 3. The number of carbonyl (C=O) groups excluding carboxylic acids is 1. The van der Waals surface area contributed by atoms with Crippen LogP contribution in [-0.2, 0) is 14.8 Å². The Kier molecular flexibility index (Phi) is 12.5. The van der Waals surface area contributed by atoms with Crippen molar-refractivity contribution in [1.29, 1.82) is 0 Å². The molecule has 0 aliphatic heterocycles. The second kappa shape index (κ2) is 13.4. The van der Waals surface area contributed by atoms with Gasteiger partial charge < -0.3 is 11.5 Å². The van der Waals surface area contributed by atoms with Gasteiger partial charge in [-0.3, -0.25) is 4.79 Å². The Bertz CT molecular complexity index is 978. The van der Waals surface area contributed by atoms with E-state index in [1.54, 1.807) is 0 Å². The monoisotopic (exact) mass is 477 g/mol. The van der Waals surface area contributed by atoms with Crippen LogP contribution >= 0.6 is 23.2 Å². The highest BCUT2D eigenvalue weighted by Gasteiger charge is 2.12. The number of benzene rings is 1. The summed E-state index contributed by atoms with van der Waals surface area (Å²) in [5.74, 6) is 0.0219. The smallest absolute Gasteiger partial charge is 0.238 e. The summed E-state index contributed by atoms with van der Waals surface area (Å²) in [6.07, 6.45) is 4.54. The van der Waals surface area contributed by atoms with E-state index in [9.17, 15) is 13.2 Å². The van der Waals surface area contributed by atoms with Crippen LogP contribution in [0, 0.1) is 5.92 Å². The molecule has 1 heterocycles. The van der Waals surface area contributed by atoms with Crippen molar-refractivity contribution in [2.24, 2.45) is 27.5 Å². The molecule has 0 fully saturated rings. The van der Waals surface area contributed by atoms with E-state index in [0.717, 1.165) is 19.3 Å². The number of hydrogen-bond acceptors (Lipinski definition) is 5.